The molecule has 12 N–H and O–H groups in total. The number of methoxy groups -OCH3 is 5. The van der Waals surface area contributed by atoms with Crippen molar-refractivity contribution in [2.45, 2.75) is 26.8 Å². The highest BCUT2D eigenvalue weighted by molar-refractivity contribution is 7.12. The molecule has 35 nitrogen and oxygen atoms in total. The van der Waals surface area contributed by atoms with Crippen molar-refractivity contribution in [3.8, 4) is 68.2 Å². The van der Waals surface area contributed by atoms with Crippen molar-refractivity contribution in [1.82, 2.24) is 93.5 Å². The Morgan fingerprint density at radius 3 is 1.57 bits per heavy atom. The first-order chi connectivity index (χ1) is 52.7. The van der Waals surface area contributed by atoms with Gasteiger partial charge in [0.05, 0.1) is 78.8 Å². The number of pyridine rings is 4. The van der Waals surface area contributed by atoms with Gasteiger partial charge in [-0.3, -0.25) is 4.98 Å². The minimum Gasteiger partial charge on any atom is -0.496 e. The quantitative estimate of drug-likeness (QED) is 0.0261. The zero-order chi connectivity index (χ0) is 75.3. The largest absolute Gasteiger partial charge is 0.496 e. The number of nitrogens with zero attached hydrogens (tertiary/aromatic N) is 20. The number of nitrogens with one attached hydrogen (secondary N) is 4. The monoisotopic (exact) mass is 1480 g/mol. The molecule has 1 fully saturated rings. The molecule has 36 heteroatoms. The Morgan fingerprint density at radius 2 is 1.05 bits per heavy atom. The number of hydrogen-bond acceptors (Lipinski definition) is 31. The summed E-state index contributed by atoms with van der Waals surface area (Å²) < 4.78 is 47.1. The first kappa shape index (κ1) is 73.6. The van der Waals surface area contributed by atoms with E-state index >= 15 is 0 Å². The summed E-state index contributed by atoms with van der Waals surface area (Å²) in [6.45, 7) is 8.45. The van der Waals surface area contributed by atoms with E-state index in [1.165, 1.54) is 36.5 Å². The van der Waals surface area contributed by atoms with Crippen LogP contribution in [-0.2, 0) is 11.3 Å². The van der Waals surface area contributed by atoms with Crippen LogP contribution in [0.15, 0.2) is 189 Å². The van der Waals surface area contributed by atoms with Gasteiger partial charge in [-0.2, -0.15) is 38.7 Å². The van der Waals surface area contributed by atoms with Crippen LogP contribution in [-0.4, -0.2) is 162 Å². The molecule has 0 radical (unpaired) electrons. The maximum absolute atomic E-state index is 6.01. The van der Waals surface area contributed by atoms with E-state index in [9.17, 15) is 0 Å². The van der Waals surface area contributed by atoms with Crippen LogP contribution in [0.4, 0.5) is 76.0 Å². The average Bonchev–Trinajstić information content (AvgIpc) is 1.03. The number of thiazole rings is 1. The molecule has 1 aliphatic rings. The summed E-state index contributed by atoms with van der Waals surface area (Å²) in [5.74, 6) is 8.08. The fourth-order valence-corrected chi connectivity index (χ4v) is 11.6. The van der Waals surface area contributed by atoms with Gasteiger partial charge < -0.3 is 86.8 Å². The highest BCUT2D eigenvalue weighted by atomic mass is 32.1. The highest BCUT2D eigenvalue weighted by Crippen LogP contribution is 2.42. The zero-order valence-corrected chi connectivity index (χ0v) is 60.7. The Labute approximate surface area is 623 Å². The molecular weight excluding hydrogens is 1400 g/mol. The molecule has 10 aromatic heterocycles. The zero-order valence-electron chi connectivity index (χ0n) is 59.9. The predicted molar refractivity (Wildman–Crippen MR) is 412 cm³/mol. The van der Waals surface area contributed by atoms with Crippen LogP contribution in [0.2, 0.25) is 0 Å². The maximum atomic E-state index is 6.01. The van der Waals surface area contributed by atoms with Crippen LogP contribution in [0.3, 0.4) is 0 Å². The lowest BCUT2D eigenvalue weighted by atomic mass is 10.0. The summed E-state index contributed by atoms with van der Waals surface area (Å²) in [5.41, 5.74) is 31.8. The second-order valence-electron chi connectivity index (χ2n) is 23.3. The average molecular weight is 1480 g/mol. The lowest BCUT2D eigenvalue weighted by molar-refractivity contribution is 0.122. The standard InChI is InChI=1S/C20H22N8O2.C20H19N7O2.C19H23N7O3.C13H14N6S/c1-29-17-13-15(6-7-16(17)30-12-4-10-27-11-9-22-14-27)24-20-25-19(21)28(26-20)18-5-2-3-8-23-18;1-28-16-12-15(17(29-2)11-14(16)13-6-9-22-10-7-13)24-20-25-19(21)27(26-20)18-5-3-4-8-23-18;1-27-15-12-14(25-7-9-29-10-8-25)16(28-2)11-13(15)22-19-23-18(20)26(24-19)17-5-3-4-6-21-17;1-8-5-9(2)7-10(6-8)16-12-17-11(14)18-19(12)13-15-3-4-20-13/h2-3,5-9,11,13-14H,4,10,12H2,1H3,(H3,21,24,25,26);3-12H,1-2H3,(H3,21,24,25,26);3-6,11-12H,7-10H2,1-2H3,(H3,20,22,23,24);3-7H,1-2H3,(H3,14,16,17,18). The molecular formula is C72H78N28O7S. The Kier molecular flexibility index (Phi) is 24.1. The van der Waals surface area contributed by atoms with Gasteiger partial charge >= 0.3 is 0 Å². The number of anilines is 13. The number of morpholine rings is 1. The van der Waals surface area contributed by atoms with Crippen molar-refractivity contribution < 1.29 is 33.2 Å². The third-order valence-electron chi connectivity index (χ3n) is 15.9. The van der Waals surface area contributed by atoms with E-state index in [0.29, 0.717) is 107 Å². The van der Waals surface area contributed by atoms with Gasteiger partial charge in [-0.25, -0.2) is 24.9 Å². The number of nitrogen functional groups attached to an aromatic ring is 4. The number of hydrogen-bond donors (Lipinski definition) is 8. The Morgan fingerprint density at radius 1 is 0.481 bits per heavy atom. The molecule has 0 saturated carbocycles. The van der Waals surface area contributed by atoms with Crippen LogP contribution in [0.25, 0.3) is 33.7 Å². The van der Waals surface area contributed by atoms with E-state index in [1.54, 1.807) is 108 Å². The van der Waals surface area contributed by atoms with Crippen molar-refractivity contribution in [1.29, 1.82) is 0 Å². The molecule has 14 aromatic rings. The minimum absolute atomic E-state index is 0.213. The second-order valence-corrected chi connectivity index (χ2v) is 24.1. The molecule has 1 saturated heterocycles. The fraction of sp³-hybridized carbons (Fsp3) is 0.194. The minimum atomic E-state index is 0.213. The summed E-state index contributed by atoms with van der Waals surface area (Å²) in [4.78, 5) is 44.2. The second kappa shape index (κ2) is 35.3. The predicted octanol–water partition coefficient (Wildman–Crippen LogP) is 10.2. The van der Waals surface area contributed by atoms with Gasteiger partial charge in [-0.1, -0.05) is 24.3 Å². The number of aryl methyl sites for hydroxylation is 3. The highest BCUT2D eigenvalue weighted by Gasteiger charge is 2.23. The topological polar surface area (TPSA) is 425 Å². The first-order valence-corrected chi connectivity index (χ1v) is 34.3. The fourth-order valence-electron chi connectivity index (χ4n) is 11.0. The lowest BCUT2D eigenvalue weighted by Crippen LogP contribution is -2.36. The molecule has 0 atom stereocenters. The van der Waals surface area contributed by atoms with Gasteiger partial charge in [-0.05, 0) is 116 Å². The summed E-state index contributed by atoms with van der Waals surface area (Å²) in [7, 11) is 8.06. The van der Waals surface area contributed by atoms with Crippen LogP contribution in [0.1, 0.15) is 17.5 Å². The number of ether oxygens (including phenoxy) is 7. The molecule has 0 aliphatic carbocycles. The van der Waals surface area contributed by atoms with E-state index < -0.39 is 0 Å². The summed E-state index contributed by atoms with van der Waals surface area (Å²) in [6, 6.07) is 39.5. The van der Waals surface area contributed by atoms with Crippen molar-refractivity contribution >= 4 is 87.4 Å². The van der Waals surface area contributed by atoms with E-state index in [1.807, 2.05) is 119 Å². The maximum Gasteiger partial charge on any atom is 0.249 e. The number of nitrogens with two attached hydrogens (primary N) is 4. The number of benzene rings is 4. The third kappa shape index (κ3) is 18.6. The molecule has 0 unspecified atom stereocenters. The summed E-state index contributed by atoms with van der Waals surface area (Å²) in [6.07, 6.45) is 16.5. The normalized spacial score (nSPS) is 11.5. The number of aromatic nitrogens is 19. The molecule has 15 rings (SSSR count). The molecule has 11 heterocycles. The molecule has 4 aromatic carbocycles. The molecule has 0 bridgehead atoms. The summed E-state index contributed by atoms with van der Waals surface area (Å²) in [5, 5.41) is 32.6. The van der Waals surface area contributed by atoms with E-state index in [2.05, 4.69) is 116 Å². The molecule has 108 heavy (non-hydrogen) atoms. The van der Waals surface area contributed by atoms with E-state index in [-0.39, 0.29) is 23.8 Å². The number of imidazole rings is 1. The Balaban J connectivity index is 0.000000136. The smallest absolute Gasteiger partial charge is 0.249 e. The third-order valence-corrected chi connectivity index (χ3v) is 16.6. The van der Waals surface area contributed by atoms with Gasteiger partial charge in [0, 0.05) is 116 Å². The van der Waals surface area contributed by atoms with Gasteiger partial charge in [0.15, 0.2) is 29.0 Å². The van der Waals surface area contributed by atoms with Gasteiger partial charge in [0.2, 0.25) is 52.7 Å². The Hall–Kier alpha value is -14.2. The molecule has 0 spiro atoms. The van der Waals surface area contributed by atoms with Crippen molar-refractivity contribution in [3.63, 3.8) is 0 Å². The van der Waals surface area contributed by atoms with Crippen molar-refractivity contribution in [2.24, 2.45) is 0 Å². The lowest BCUT2D eigenvalue weighted by Gasteiger charge is -2.30. The van der Waals surface area contributed by atoms with Gasteiger partial charge in [0.1, 0.15) is 23.0 Å². The molecule has 1 aliphatic heterocycles. The van der Waals surface area contributed by atoms with Crippen molar-refractivity contribution in [3.05, 3.63) is 200 Å². The van der Waals surface area contributed by atoms with E-state index in [0.717, 1.165) is 59.4 Å². The molecule has 554 valence electrons. The first-order valence-electron chi connectivity index (χ1n) is 33.5. The van der Waals surface area contributed by atoms with Crippen molar-refractivity contribution in [2.75, 3.05) is 118 Å². The Bertz CT molecular complexity index is 5160. The van der Waals surface area contributed by atoms with Crippen LogP contribution in [0, 0.1) is 13.8 Å². The summed E-state index contributed by atoms with van der Waals surface area (Å²) >= 11 is 1.47. The van der Waals surface area contributed by atoms with E-state index in [4.69, 9.17) is 56.1 Å². The van der Waals surface area contributed by atoms with Crippen LogP contribution < -0.4 is 77.5 Å². The molecule has 0 amide bonds. The van der Waals surface area contributed by atoms with Gasteiger partial charge in [-0.15, -0.1) is 31.7 Å². The SMILES string of the molecule is COc1cc(-c2ccncc2)c(OC)cc1Nc1nc(N)n(-c2ccccn2)n1.COc1cc(N2CCOCC2)c(OC)cc1Nc1nc(N)n(-c2ccccn2)n1.COc1cc(Nc2nc(N)n(-c3ccccn3)n2)ccc1OCCCn1ccnc1.Cc1cc(C)cc(Nc2nc(N)nn2-c2nccs2)c1. The number of rotatable bonds is 24. The van der Waals surface area contributed by atoms with Crippen LogP contribution in [0.5, 0.6) is 34.5 Å². The van der Waals surface area contributed by atoms with Gasteiger partial charge in [0.25, 0.3) is 0 Å². The van der Waals surface area contributed by atoms with Crippen LogP contribution >= 0.6 is 11.3 Å².